The first-order valence-corrected chi connectivity index (χ1v) is 11.0. The summed E-state index contributed by atoms with van der Waals surface area (Å²) in [4.78, 5) is 29.5. The van der Waals surface area contributed by atoms with Gasteiger partial charge in [0.25, 0.3) is 5.91 Å². The Hall–Kier alpha value is -1.98. The fourth-order valence-electron chi connectivity index (χ4n) is 4.19. The molecule has 1 saturated carbocycles. The van der Waals surface area contributed by atoms with Crippen LogP contribution in [0.3, 0.4) is 0 Å². The number of hydrogen-bond donors (Lipinski definition) is 0. The molecule has 3 aliphatic rings. The van der Waals surface area contributed by atoms with Crippen LogP contribution < -0.4 is 4.90 Å². The van der Waals surface area contributed by atoms with Gasteiger partial charge in [0, 0.05) is 28.8 Å². The second-order valence-corrected chi connectivity index (χ2v) is 9.52. The van der Waals surface area contributed by atoms with Gasteiger partial charge >= 0.3 is 0 Å². The van der Waals surface area contributed by atoms with Crippen molar-refractivity contribution in [3.63, 3.8) is 0 Å². The van der Waals surface area contributed by atoms with E-state index in [2.05, 4.69) is 24.3 Å². The minimum atomic E-state index is -0.968. The molecular formula is C22H21ClN2O2S. The Balaban J connectivity index is 1.59. The molecule has 4 nitrogen and oxygen atoms in total. The average Bonchev–Trinajstić information content (AvgIpc) is 3.41. The van der Waals surface area contributed by atoms with Crippen molar-refractivity contribution < 1.29 is 9.59 Å². The molecular weight excluding hydrogens is 392 g/mol. The normalized spacial score (nSPS) is 23.6. The molecule has 5 rings (SSSR count). The first kappa shape index (κ1) is 18.1. The molecule has 6 heteroatoms. The zero-order chi connectivity index (χ0) is 19.5. The monoisotopic (exact) mass is 412 g/mol. The number of anilines is 1. The van der Waals surface area contributed by atoms with Crippen molar-refractivity contribution >= 4 is 40.9 Å². The molecule has 2 heterocycles. The topological polar surface area (TPSA) is 40.6 Å². The van der Waals surface area contributed by atoms with Gasteiger partial charge in [-0.2, -0.15) is 0 Å². The molecule has 0 aromatic heterocycles. The number of rotatable bonds is 3. The van der Waals surface area contributed by atoms with Crippen molar-refractivity contribution in [3.05, 3.63) is 64.2 Å². The number of fused-ring (bicyclic) bond motifs is 2. The highest BCUT2D eigenvalue weighted by Crippen LogP contribution is 2.56. The van der Waals surface area contributed by atoms with Crippen LogP contribution in [0.25, 0.3) is 0 Å². The van der Waals surface area contributed by atoms with Gasteiger partial charge in [0.05, 0.1) is 12.2 Å². The minimum Gasteiger partial charge on any atom is -0.315 e. The zero-order valence-electron chi connectivity index (χ0n) is 15.7. The molecule has 1 atom stereocenters. The van der Waals surface area contributed by atoms with Crippen molar-refractivity contribution in [1.82, 2.24) is 4.90 Å². The van der Waals surface area contributed by atoms with Gasteiger partial charge in [-0.1, -0.05) is 41.4 Å². The standard InChI is InChI=1S/C22H21ClN2O2S/c1-14-2-4-15(5-3-14)13-24-19-9-8-17(23)12-18(19)22(21(24)27)25(10-11-28-22)20(26)16-6-7-16/h2-5,8-9,12,16H,6-7,10-11,13H2,1H3/t22-/m1/s1. The number of nitrogens with zero attached hydrogens (tertiary/aromatic N) is 2. The minimum absolute atomic E-state index is 0.0261. The lowest BCUT2D eigenvalue weighted by Gasteiger charge is -2.33. The third-order valence-corrected chi connectivity index (χ3v) is 7.46. The lowest BCUT2D eigenvalue weighted by molar-refractivity contribution is -0.141. The fraction of sp³-hybridized carbons (Fsp3) is 0.364. The van der Waals surface area contributed by atoms with Gasteiger partial charge in [0.2, 0.25) is 5.91 Å². The van der Waals surface area contributed by atoms with Gasteiger partial charge < -0.3 is 9.80 Å². The lowest BCUT2D eigenvalue weighted by atomic mass is 10.1. The summed E-state index contributed by atoms with van der Waals surface area (Å²) in [6.07, 6.45) is 1.86. The number of thioether (sulfide) groups is 1. The van der Waals surface area contributed by atoms with Crippen LogP contribution in [-0.4, -0.2) is 29.0 Å². The van der Waals surface area contributed by atoms with E-state index in [0.717, 1.165) is 35.4 Å². The molecule has 2 aromatic rings. The van der Waals surface area contributed by atoms with E-state index in [1.165, 1.54) is 5.56 Å². The molecule has 1 aliphatic carbocycles. The van der Waals surface area contributed by atoms with Crippen molar-refractivity contribution in [2.45, 2.75) is 31.2 Å². The highest BCUT2D eigenvalue weighted by atomic mass is 35.5. The zero-order valence-corrected chi connectivity index (χ0v) is 17.2. The molecule has 0 N–H and O–H groups in total. The first-order valence-electron chi connectivity index (χ1n) is 9.64. The van der Waals surface area contributed by atoms with Crippen LogP contribution in [0.2, 0.25) is 5.02 Å². The summed E-state index contributed by atoms with van der Waals surface area (Å²) in [6, 6.07) is 13.8. The smallest absolute Gasteiger partial charge is 0.268 e. The summed E-state index contributed by atoms with van der Waals surface area (Å²) in [5.41, 5.74) is 3.97. The number of benzene rings is 2. The summed E-state index contributed by atoms with van der Waals surface area (Å²) in [5, 5.41) is 0.592. The van der Waals surface area contributed by atoms with Crippen molar-refractivity contribution in [2.75, 3.05) is 17.2 Å². The Labute approximate surface area is 173 Å². The SMILES string of the molecule is Cc1ccc(CN2C(=O)[C@]3(SCCN3C(=O)C3CC3)c3cc(Cl)ccc32)cc1. The largest absolute Gasteiger partial charge is 0.315 e. The van der Waals surface area contributed by atoms with Crippen LogP contribution in [0, 0.1) is 12.8 Å². The molecule has 1 spiro atoms. The predicted molar refractivity (Wildman–Crippen MR) is 112 cm³/mol. The lowest BCUT2D eigenvalue weighted by Crippen LogP contribution is -2.50. The molecule has 2 aliphatic heterocycles. The van der Waals surface area contributed by atoms with E-state index in [1.807, 2.05) is 34.9 Å². The Bertz CT molecular complexity index is 973. The predicted octanol–water partition coefficient (Wildman–Crippen LogP) is 4.33. The van der Waals surface area contributed by atoms with Crippen LogP contribution >= 0.6 is 23.4 Å². The van der Waals surface area contributed by atoms with Crippen LogP contribution in [0.15, 0.2) is 42.5 Å². The summed E-state index contributed by atoms with van der Waals surface area (Å²) < 4.78 is 0. The van der Waals surface area contributed by atoms with Crippen molar-refractivity contribution in [3.8, 4) is 0 Å². The number of halogens is 1. The maximum absolute atomic E-state index is 13.8. The number of carbonyl (C=O) groups is 2. The highest BCUT2D eigenvalue weighted by molar-refractivity contribution is 8.01. The van der Waals surface area contributed by atoms with E-state index in [-0.39, 0.29) is 17.7 Å². The molecule has 144 valence electrons. The number of aryl methyl sites for hydroxylation is 1. The van der Waals surface area contributed by atoms with Gasteiger partial charge in [0.1, 0.15) is 0 Å². The van der Waals surface area contributed by atoms with Crippen molar-refractivity contribution in [2.24, 2.45) is 5.92 Å². The first-order chi connectivity index (χ1) is 13.5. The van der Waals surface area contributed by atoms with Crippen LogP contribution in [0.4, 0.5) is 5.69 Å². The molecule has 2 aromatic carbocycles. The van der Waals surface area contributed by atoms with Crippen molar-refractivity contribution in [1.29, 1.82) is 0 Å². The van der Waals surface area contributed by atoms with Gasteiger partial charge in [-0.3, -0.25) is 9.59 Å². The molecule has 0 bridgehead atoms. The van der Waals surface area contributed by atoms with Gasteiger partial charge in [0.15, 0.2) is 4.87 Å². The highest BCUT2D eigenvalue weighted by Gasteiger charge is 2.60. The number of hydrogen-bond acceptors (Lipinski definition) is 3. The Morgan fingerprint density at radius 3 is 2.68 bits per heavy atom. The molecule has 0 unspecified atom stereocenters. The van der Waals surface area contributed by atoms with E-state index in [4.69, 9.17) is 11.6 Å². The third-order valence-electron chi connectivity index (χ3n) is 5.81. The third kappa shape index (κ3) is 2.67. The fourth-order valence-corrected chi connectivity index (χ4v) is 5.82. The van der Waals surface area contributed by atoms with Gasteiger partial charge in [-0.25, -0.2) is 0 Å². The summed E-state index contributed by atoms with van der Waals surface area (Å²) >= 11 is 7.88. The Morgan fingerprint density at radius 2 is 1.96 bits per heavy atom. The number of amides is 2. The van der Waals surface area contributed by atoms with E-state index in [9.17, 15) is 9.59 Å². The van der Waals surface area contributed by atoms with Crippen LogP contribution in [0.5, 0.6) is 0 Å². The molecule has 2 amide bonds. The van der Waals surface area contributed by atoms with Crippen LogP contribution in [-0.2, 0) is 21.0 Å². The van der Waals surface area contributed by atoms with E-state index in [0.29, 0.717) is 18.1 Å². The Morgan fingerprint density at radius 1 is 1.21 bits per heavy atom. The quantitative estimate of drug-likeness (QED) is 0.753. The Kier molecular flexibility index (Phi) is 4.21. The molecule has 2 fully saturated rings. The molecule has 0 radical (unpaired) electrons. The van der Waals surface area contributed by atoms with E-state index in [1.54, 1.807) is 11.8 Å². The molecule has 1 saturated heterocycles. The van der Waals surface area contributed by atoms with Crippen LogP contribution in [0.1, 0.15) is 29.5 Å². The van der Waals surface area contributed by atoms with E-state index < -0.39 is 4.87 Å². The number of carbonyl (C=O) groups excluding carboxylic acids is 2. The van der Waals surface area contributed by atoms with Gasteiger partial charge in [-0.05, 0) is 43.5 Å². The maximum Gasteiger partial charge on any atom is 0.268 e. The second kappa shape index (κ2) is 6.53. The van der Waals surface area contributed by atoms with Gasteiger partial charge in [-0.15, -0.1) is 11.8 Å². The average molecular weight is 413 g/mol. The summed E-state index contributed by atoms with van der Waals surface area (Å²) in [6.45, 7) is 3.14. The summed E-state index contributed by atoms with van der Waals surface area (Å²) in [5.74, 6) is 0.926. The molecule has 28 heavy (non-hydrogen) atoms. The second-order valence-electron chi connectivity index (χ2n) is 7.79. The summed E-state index contributed by atoms with van der Waals surface area (Å²) in [7, 11) is 0. The van der Waals surface area contributed by atoms with E-state index >= 15 is 0 Å². The maximum atomic E-state index is 13.8.